The van der Waals surface area contributed by atoms with Crippen LogP contribution in [-0.2, 0) is 4.79 Å². The van der Waals surface area contributed by atoms with Gasteiger partial charge in [-0.15, -0.1) is 0 Å². The number of rotatable bonds is 7. The van der Waals surface area contributed by atoms with Gasteiger partial charge in [-0.1, -0.05) is 37.9 Å². The molecule has 1 aromatic rings. The monoisotopic (exact) mass is 298 g/mol. The number of carbonyl (C=O) groups excluding carboxylic acids is 1. The van der Waals surface area contributed by atoms with Crippen LogP contribution < -0.4 is 10.5 Å². The standard InChI is InChI=1S/C15H23ClN2O2/c1-4-11(2)14(17)15(19)18(3)8-9-20-13-7-5-6-12(16)10-13/h5-7,10-11,14H,4,8-9,17H2,1-3H3. The van der Waals surface area contributed by atoms with Crippen molar-refractivity contribution in [3.8, 4) is 5.75 Å². The summed E-state index contributed by atoms with van der Waals surface area (Å²) in [5.74, 6) is 0.831. The molecule has 4 nitrogen and oxygen atoms in total. The third-order valence-electron chi connectivity index (χ3n) is 3.41. The molecule has 0 aliphatic carbocycles. The van der Waals surface area contributed by atoms with Crippen molar-refractivity contribution >= 4 is 17.5 Å². The summed E-state index contributed by atoms with van der Waals surface area (Å²) >= 11 is 5.87. The van der Waals surface area contributed by atoms with E-state index in [-0.39, 0.29) is 11.8 Å². The number of nitrogens with zero attached hydrogens (tertiary/aromatic N) is 1. The van der Waals surface area contributed by atoms with Crippen molar-refractivity contribution < 1.29 is 9.53 Å². The van der Waals surface area contributed by atoms with Crippen LogP contribution in [0, 0.1) is 5.92 Å². The molecule has 2 unspecified atom stereocenters. The topological polar surface area (TPSA) is 55.6 Å². The highest BCUT2D eigenvalue weighted by molar-refractivity contribution is 6.30. The van der Waals surface area contributed by atoms with Crippen molar-refractivity contribution in [3.05, 3.63) is 29.3 Å². The SMILES string of the molecule is CCC(C)C(N)C(=O)N(C)CCOc1cccc(Cl)c1. The Hall–Kier alpha value is -1.26. The maximum Gasteiger partial charge on any atom is 0.239 e. The van der Waals surface area contributed by atoms with Crippen LogP contribution >= 0.6 is 11.6 Å². The molecule has 0 heterocycles. The van der Waals surface area contributed by atoms with Crippen LogP contribution in [0.25, 0.3) is 0 Å². The highest BCUT2D eigenvalue weighted by Gasteiger charge is 2.22. The highest BCUT2D eigenvalue weighted by atomic mass is 35.5. The second-order valence-electron chi connectivity index (χ2n) is 4.98. The molecular formula is C15H23ClN2O2. The second kappa shape index (κ2) is 8.12. The maximum absolute atomic E-state index is 12.1. The third kappa shape index (κ3) is 5.02. The quantitative estimate of drug-likeness (QED) is 0.841. The summed E-state index contributed by atoms with van der Waals surface area (Å²) < 4.78 is 5.56. The number of amides is 1. The zero-order valence-corrected chi connectivity index (χ0v) is 13.1. The zero-order valence-electron chi connectivity index (χ0n) is 12.3. The molecule has 2 atom stereocenters. The van der Waals surface area contributed by atoms with Gasteiger partial charge in [0.25, 0.3) is 0 Å². The molecular weight excluding hydrogens is 276 g/mol. The van der Waals surface area contributed by atoms with Gasteiger partial charge in [-0.25, -0.2) is 0 Å². The number of halogens is 1. The molecule has 0 bridgehead atoms. The minimum Gasteiger partial charge on any atom is -0.492 e. The van der Waals surface area contributed by atoms with Crippen molar-refractivity contribution in [1.82, 2.24) is 4.90 Å². The van der Waals surface area contributed by atoms with Gasteiger partial charge in [0.15, 0.2) is 0 Å². The molecule has 1 aromatic carbocycles. The number of likely N-dealkylation sites (N-methyl/N-ethyl adjacent to an activating group) is 1. The van der Waals surface area contributed by atoms with E-state index in [1.807, 2.05) is 26.0 Å². The average Bonchev–Trinajstić information content (AvgIpc) is 2.44. The zero-order chi connectivity index (χ0) is 15.1. The van der Waals surface area contributed by atoms with Gasteiger partial charge >= 0.3 is 0 Å². The summed E-state index contributed by atoms with van der Waals surface area (Å²) in [7, 11) is 1.74. The molecule has 0 aliphatic heterocycles. The fraction of sp³-hybridized carbons (Fsp3) is 0.533. The predicted octanol–water partition coefficient (Wildman–Crippen LogP) is 2.55. The number of benzene rings is 1. The smallest absolute Gasteiger partial charge is 0.239 e. The highest BCUT2D eigenvalue weighted by Crippen LogP contribution is 2.17. The number of nitrogens with two attached hydrogens (primary N) is 1. The maximum atomic E-state index is 12.1. The van der Waals surface area contributed by atoms with Gasteiger partial charge < -0.3 is 15.4 Å². The Labute approximate surface area is 125 Å². The van der Waals surface area contributed by atoms with Gasteiger partial charge in [-0.3, -0.25) is 4.79 Å². The fourth-order valence-electron chi connectivity index (χ4n) is 1.72. The summed E-state index contributed by atoms with van der Waals surface area (Å²) in [6, 6.07) is 6.74. The van der Waals surface area contributed by atoms with Gasteiger partial charge in [-0.2, -0.15) is 0 Å². The van der Waals surface area contributed by atoms with E-state index in [4.69, 9.17) is 22.1 Å². The minimum atomic E-state index is -0.448. The predicted molar refractivity (Wildman–Crippen MR) is 82.0 cm³/mol. The van der Waals surface area contributed by atoms with E-state index in [1.165, 1.54) is 0 Å². The number of carbonyl (C=O) groups is 1. The van der Waals surface area contributed by atoms with E-state index < -0.39 is 6.04 Å². The molecule has 1 amide bonds. The van der Waals surface area contributed by atoms with Gasteiger partial charge in [0, 0.05) is 12.1 Å². The lowest BCUT2D eigenvalue weighted by atomic mass is 9.99. The van der Waals surface area contributed by atoms with Crippen LogP contribution in [-0.4, -0.2) is 37.0 Å². The van der Waals surface area contributed by atoms with Crippen molar-refractivity contribution in [2.45, 2.75) is 26.3 Å². The van der Waals surface area contributed by atoms with Gasteiger partial charge in [0.05, 0.1) is 12.6 Å². The summed E-state index contributed by atoms with van der Waals surface area (Å²) in [4.78, 5) is 13.7. The largest absolute Gasteiger partial charge is 0.492 e. The Morgan fingerprint density at radius 3 is 2.80 bits per heavy atom. The Morgan fingerprint density at radius 1 is 1.50 bits per heavy atom. The first-order chi connectivity index (χ1) is 9.45. The van der Waals surface area contributed by atoms with Crippen LogP contribution in [0.3, 0.4) is 0 Å². The molecule has 0 fully saturated rings. The first kappa shape index (κ1) is 16.8. The lowest BCUT2D eigenvalue weighted by Gasteiger charge is -2.24. The van der Waals surface area contributed by atoms with Crippen LogP contribution in [0.2, 0.25) is 5.02 Å². The normalized spacial score (nSPS) is 13.7. The number of ether oxygens (including phenoxy) is 1. The molecule has 1 rings (SSSR count). The van der Waals surface area contributed by atoms with Crippen molar-refractivity contribution in [3.63, 3.8) is 0 Å². The molecule has 112 valence electrons. The Morgan fingerprint density at radius 2 is 2.20 bits per heavy atom. The molecule has 0 spiro atoms. The van der Waals surface area contributed by atoms with Crippen LogP contribution in [0.5, 0.6) is 5.75 Å². The van der Waals surface area contributed by atoms with Crippen molar-refractivity contribution in [1.29, 1.82) is 0 Å². The third-order valence-corrected chi connectivity index (χ3v) is 3.64. The average molecular weight is 299 g/mol. The van der Waals surface area contributed by atoms with Gasteiger partial charge in [0.2, 0.25) is 5.91 Å². The van der Waals surface area contributed by atoms with E-state index in [1.54, 1.807) is 24.1 Å². The summed E-state index contributed by atoms with van der Waals surface area (Å²) in [5.41, 5.74) is 5.93. The second-order valence-corrected chi connectivity index (χ2v) is 5.41. The van der Waals surface area contributed by atoms with Gasteiger partial charge in [-0.05, 0) is 24.1 Å². The van der Waals surface area contributed by atoms with Crippen molar-refractivity contribution in [2.75, 3.05) is 20.2 Å². The lowest BCUT2D eigenvalue weighted by Crippen LogP contribution is -2.46. The first-order valence-corrected chi connectivity index (χ1v) is 7.22. The minimum absolute atomic E-state index is 0.0472. The van der Waals surface area contributed by atoms with E-state index in [0.717, 1.165) is 6.42 Å². The summed E-state index contributed by atoms with van der Waals surface area (Å²) in [5, 5.41) is 0.630. The molecule has 5 heteroatoms. The molecule has 0 radical (unpaired) electrons. The first-order valence-electron chi connectivity index (χ1n) is 6.84. The number of hydrogen-bond acceptors (Lipinski definition) is 3. The van der Waals surface area contributed by atoms with E-state index in [2.05, 4.69) is 0 Å². The van der Waals surface area contributed by atoms with Crippen LogP contribution in [0.4, 0.5) is 0 Å². The van der Waals surface area contributed by atoms with Crippen LogP contribution in [0.1, 0.15) is 20.3 Å². The lowest BCUT2D eigenvalue weighted by molar-refractivity contribution is -0.132. The molecule has 2 N–H and O–H groups in total. The molecule has 20 heavy (non-hydrogen) atoms. The van der Waals surface area contributed by atoms with Crippen LogP contribution in [0.15, 0.2) is 24.3 Å². The fourth-order valence-corrected chi connectivity index (χ4v) is 1.90. The van der Waals surface area contributed by atoms with E-state index in [9.17, 15) is 4.79 Å². The Bertz CT molecular complexity index is 440. The van der Waals surface area contributed by atoms with Crippen molar-refractivity contribution in [2.24, 2.45) is 11.7 Å². The Kier molecular flexibility index (Phi) is 6.82. The summed E-state index contributed by atoms with van der Waals surface area (Å²) in [6.45, 7) is 4.92. The molecule has 0 saturated heterocycles. The number of hydrogen-bond donors (Lipinski definition) is 1. The van der Waals surface area contributed by atoms with Gasteiger partial charge in [0.1, 0.15) is 12.4 Å². The Balaban J connectivity index is 2.39. The molecule has 0 aromatic heterocycles. The molecule has 0 aliphatic rings. The molecule has 0 saturated carbocycles. The van der Waals surface area contributed by atoms with E-state index in [0.29, 0.717) is 23.9 Å². The van der Waals surface area contributed by atoms with E-state index >= 15 is 0 Å². The summed E-state index contributed by atoms with van der Waals surface area (Å²) in [6.07, 6.45) is 0.889.